The highest BCUT2D eigenvalue weighted by Gasteiger charge is 2.22. The van der Waals surface area contributed by atoms with E-state index in [9.17, 15) is 9.59 Å². The summed E-state index contributed by atoms with van der Waals surface area (Å²) in [5, 5.41) is 2.87. The third-order valence-electron chi connectivity index (χ3n) is 5.67. The lowest BCUT2D eigenvalue weighted by molar-refractivity contribution is -0.132. The van der Waals surface area contributed by atoms with Crippen molar-refractivity contribution >= 4 is 11.8 Å². The molecule has 1 aliphatic heterocycles. The van der Waals surface area contributed by atoms with Gasteiger partial charge in [0.15, 0.2) is 0 Å². The Bertz CT molecular complexity index is 780. The van der Waals surface area contributed by atoms with Gasteiger partial charge >= 0.3 is 0 Å². The number of nitrogens with zero attached hydrogens (tertiary/aromatic N) is 1. The number of carbonyl (C=O) groups is 2. The Kier molecular flexibility index (Phi) is 7.24. The number of benzene rings is 2. The van der Waals surface area contributed by atoms with E-state index in [-0.39, 0.29) is 11.8 Å². The van der Waals surface area contributed by atoms with E-state index in [1.807, 2.05) is 36.1 Å². The van der Waals surface area contributed by atoms with Gasteiger partial charge in [0, 0.05) is 31.6 Å². The normalized spacial score (nSPS) is 14.7. The van der Waals surface area contributed by atoms with Crippen LogP contribution in [-0.4, -0.2) is 36.3 Å². The van der Waals surface area contributed by atoms with Gasteiger partial charge in [0.25, 0.3) is 5.91 Å². The monoisotopic (exact) mass is 378 g/mol. The number of carbonyl (C=O) groups excluding carboxylic acids is 2. The molecular formula is C24H30N2O2. The van der Waals surface area contributed by atoms with Crippen molar-refractivity contribution in [3.63, 3.8) is 0 Å². The number of piperidine rings is 1. The van der Waals surface area contributed by atoms with Crippen LogP contribution in [0.1, 0.15) is 47.2 Å². The van der Waals surface area contributed by atoms with Gasteiger partial charge in [0.1, 0.15) is 0 Å². The van der Waals surface area contributed by atoms with Gasteiger partial charge in [-0.25, -0.2) is 0 Å². The lowest BCUT2D eigenvalue weighted by Gasteiger charge is -2.32. The first kappa shape index (κ1) is 20.1. The summed E-state index contributed by atoms with van der Waals surface area (Å²) in [5.41, 5.74) is 3.02. The van der Waals surface area contributed by atoms with Crippen LogP contribution in [0.4, 0.5) is 0 Å². The summed E-state index contributed by atoms with van der Waals surface area (Å²) < 4.78 is 0. The van der Waals surface area contributed by atoms with Gasteiger partial charge in [-0.15, -0.1) is 0 Å². The van der Waals surface area contributed by atoms with Crippen molar-refractivity contribution in [1.29, 1.82) is 0 Å². The summed E-state index contributed by atoms with van der Waals surface area (Å²) in [6, 6.07) is 18.1. The van der Waals surface area contributed by atoms with E-state index in [0.29, 0.717) is 24.4 Å². The highest BCUT2D eigenvalue weighted by Crippen LogP contribution is 2.22. The molecule has 28 heavy (non-hydrogen) atoms. The molecule has 0 unspecified atom stereocenters. The van der Waals surface area contributed by atoms with E-state index in [2.05, 4.69) is 35.6 Å². The molecule has 0 saturated carbocycles. The molecule has 0 spiro atoms. The molecule has 0 radical (unpaired) electrons. The number of hydrogen-bond acceptors (Lipinski definition) is 2. The summed E-state index contributed by atoms with van der Waals surface area (Å²) >= 11 is 0. The Balaban J connectivity index is 1.35. The minimum Gasteiger partial charge on any atom is -0.352 e. The fraction of sp³-hybridized carbons (Fsp3) is 0.417. The SMILES string of the molecule is Cc1ccccc1C(=O)NCCC(=O)N1CCC(CCc2ccccc2)CC1. The molecule has 1 fully saturated rings. The number of nitrogens with one attached hydrogen (secondary N) is 1. The molecule has 1 aliphatic rings. The molecule has 2 aromatic rings. The second-order valence-corrected chi connectivity index (χ2v) is 7.67. The molecule has 4 heteroatoms. The van der Waals surface area contributed by atoms with E-state index >= 15 is 0 Å². The number of aryl methyl sites for hydroxylation is 2. The summed E-state index contributed by atoms with van der Waals surface area (Å²) in [4.78, 5) is 26.6. The lowest BCUT2D eigenvalue weighted by atomic mass is 9.90. The topological polar surface area (TPSA) is 49.4 Å². The Morgan fingerprint density at radius 2 is 1.68 bits per heavy atom. The molecule has 4 nitrogen and oxygen atoms in total. The van der Waals surface area contributed by atoms with Crippen LogP contribution in [0.2, 0.25) is 0 Å². The number of likely N-dealkylation sites (tertiary alicyclic amines) is 1. The van der Waals surface area contributed by atoms with Gasteiger partial charge < -0.3 is 10.2 Å². The molecule has 2 amide bonds. The average Bonchev–Trinajstić information content (AvgIpc) is 2.73. The number of rotatable bonds is 7. The lowest BCUT2D eigenvalue weighted by Crippen LogP contribution is -2.40. The summed E-state index contributed by atoms with van der Waals surface area (Å²) in [6.07, 6.45) is 4.83. The fourth-order valence-electron chi connectivity index (χ4n) is 3.85. The van der Waals surface area contributed by atoms with Crippen molar-refractivity contribution in [1.82, 2.24) is 10.2 Å². The van der Waals surface area contributed by atoms with E-state index in [0.717, 1.165) is 37.9 Å². The van der Waals surface area contributed by atoms with Crippen LogP contribution in [0.15, 0.2) is 54.6 Å². The predicted octanol–water partition coefficient (Wildman–Crippen LogP) is 3.99. The van der Waals surface area contributed by atoms with Crippen molar-refractivity contribution in [2.24, 2.45) is 5.92 Å². The molecule has 1 saturated heterocycles. The van der Waals surface area contributed by atoms with Crippen molar-refractivity contribution in [2.45, 2.75) is 39.0 Å². The van der Waals surface area contributed by atoms with Gasteiger partial charge in [-0.05, 0) is 55.7 Å². The Labute approximate surface area is 167 Å². The number of hydrogen-bond donors (Lipinski definition) is 1. The van der Waals surface area contributed by atoms with Gasteiger partial charge in [-0.1, -0.05) is 48.5 Å². The van der Waals surface area contributed by atoms with Crippen molar-refractivity contribution in [2.75, 3.05) is 19.6 Å². The Morgan fingerprint density at radius 3 is 2.39 bits per heavy atom. The third kappa shape index (κ3) is 5.69. The van der Waals surface area contributed by atoms with E-state index < -0.39 is 0 Å². The highest BCUT2D eigenvalue weighted by molar-refractivity contribution is 5.95. The zero-order valence-electron chi connectivity index (χ0n) is 16.7. The van der Waals surface area contributed by atoms with Crippen LogP contribution in [0.3, 0.4) is 0 Å². The van der Waals surface area contributed by atoms with Crippen molar-refractivity contribution < 1.29 is 9.59 Å². The van der Waals surface area contributed by atoms with Crippen LogP contribution in [-0.2, 0) is 11.2 Å². The fourth-order valence-corrected chi connectivity index (χ4v) is 3.85. The molecule has 2 aromatic carbocycles. The minimum absolute atomic E-state index is 0.106. The van der Waals surface area contributed by atoms with Crippen molar-refractivity contribution in [3.8, 4) is 0 Å². The van der Waals surface area contributed by atoms with Crippen LogP contribution < -0.4 is 5.32 Å². The largest absolute Gasteiger partial charge is 0.352 e. The standard InChI is InChI=1S/C24H30N2O2/c1-19-7-5-6-10-22(19)24(28)25-16-13-23(27)26-17-14-21(15-18-26)12-11-20-8-3-2-4-9-20/h2-10,21H,11-18H2,1H3,(H,25,28). The smallest absolute Gasteiger partial charge is 0.251 e. The van der Waals surface area contributed by atoms with Crippen molar-refractivity contribution in [3.05, 3.63) is 71.3 Å². The van der Waals surface area contributed by atoms with E-state index in [4.69, 9.17) is 0 Å². The number of amides is 2. The molecule has 1 N–H and O–H groups in total. The zero-order valence-corrected chi connectivity index (χ0v) is 16.7. The molecule has 0 aromatic heterocycles. The molecular weight excluding hydrogens is 348 g/mol. The van der Waals surface area contributed by atoms with Gasteiger partial charge in [0.05, 0.1) is 0 Å². The second-order valence-electron chi connectivity index (χ2n) is 7.67. The molecule has 3 rings (SSSR count). The quantitative estimate of drug-likeness (QED) is 0.792. The molecule has 148 valence electrons. The predicted molar refractivity (Wildman–Crippen MR) is 112 cm³/mol. The first-order valence-electron chi connectivity index (χ1n) is 10.3. The summed E-state index contributed by atoms with van der Waals surface area (Å²) in [6.45, 7) is 3.98. The first-order valence-corrected chi connectivity index (χ1v) is 10.3. The van der Waals surface area contributed by atoms with Gasteiger partial charge in [-0.2, -0.15) is 0 Å². The van der Waals surface area contributed by atoms with E-state index in [1.165, 1.54) is 12.0 Å². The first-order chi connectivity index (χ1) is 13.6. The third-order valence-corrected chi connectivity index (χ3v) is 5.67. The average molecular weight is 379 g/mol. The van der Waals surface area contributed by atoms with Crippen LogP contribution >= 0.6 is 0 Å². The minimum atomic E-state index is -0.106. The Morgan fingerprint density at radius 1 is 1.00 bits per heavy atom. The Hall–Kier alpha value is -2.62. The maximum Gasteiger partial charge on any atom is 0.251 e. The molecule has 0 atom stereocenters. The van der Waals surface area contributed by atoms with Crippen LogP contribution in [0, 0.1) is 12.8 Å². The zero-order chi connectivity index (χ0) is 19.8. The van der Waals surface area contributed by atoms with Gasteiger partial charge in [-0.3, -0.25) is 9.59 Å². The van der Waals surface area contributed by atoms with Crippen LogP contribution in [0.5, 0.6) is 0 Å². The van der Waals surface area contributed by atoms with E-state index in [1.54, 1.807) is 0 Å². The maximum atomic E-state index is 12.4. The highest BCUT2D eigenvalue weighted by atomic mass is 16.2. The summed E-state index contributed by atoms with van der Waals surface area (Å²) in [5.74, 6) is 0.738. The second kappa shape index (κ2) is 10.1. The maximum absolute atomic E-state index is 12.4. The molecule has 0 bridgehead atoms. The van der Waals surface area contributed by atoms with Gasteiger partial charge in [0.2, 0.25) is 5.91 Å². The van der Waals surface area contributed by atoms with Crippen LogP contribution in [0.25, 0.3) is 0 Å². The molecule has 1 heterocycles. The summed E-state index contributed by atoms with van der Waals surface area (Å²) in [7, 11) is 0. The molecule has 0 aliphatic carbocycles.